The summed E-state index contributed by atoms with van der Waals surface area (Å²) in [5.41, 5.74) is 3.18. The molecule has 3 aromatic heterocycles. The van der Waals surface area contributed by atoms with Crippen molar-refractivity contribution in [1.29, 1.82) is 0 Å². The summed E-state index contributed by atoms with van der Waals surface area (Å²) in [6, 6.07) is 6.09. The average Bonchev–Trinajstić information content (AvgIpc) is 3.26. The van der Waals surface area contributed by atoms with E-state index in [1.54, 1.807) is 13.1 Å². The highest BCUT2D eigenvalue weighted by atomic mass is 16.6. The second-order valence-corrected chi connectivity index (χ2v) is 5.88. The number of rotatable bonds is 3. The van der Waals surface area contributed by atoms with Crippen LogP contribution in [0.1, 0.15) is 36.0 Å². The topological polar surface area (TPSA) is 87.9 Å². The standard InChI is InChI=1S/C16H17N5O2/c1-10-12(20-23-19-10)9-15(22)21-7-3-5-14(21)13-8-11-4-2-6-17-16(11)18-13/h2,4,6,8,14H,3,5,7,9H2,1H3,(H,17,18). The maximum atomic E-state index is 12.7. The molecule has 118 valence electrons. The molecule has 1 unspecified atom stereocenters. The van der Waals surface area contributed by atoms with Gasteiger partial charge in [0, 0.05) is 23.8 Å². The van der Waals surface area contributed by atoms with Gasteiger partial charge in [-0.1, -0.05) is 10.3 Å². The fourth-order valence-corrected chi connectivity index (χ4v) is 3.20. The largest absolute Gasteiger partial charge is 0.341 e. The molecular formula is C16H17N5O2. The van der Waals surface area contributed by atoms with E-state index in [1.165, 1.54) is 0 Å². The molecule has 7 heteroatoms. The zero-order valence-electron chi connectivity index (χ0n) is 12.8. The van der Waals surface area contributed by atoms with Crippen molar-refractivity contribution in [3.05, 3.63) is 41.5 Å². The molecule has 3 aromatic rings. The highest BCUT2D eigenvalue weighted by Crippen LogP contribution is 2.33. The lowest BCUT2D eigenvalue weighted by Crippen LogP contribution is -2.32. The van der Waals surface area contributed by atoms with Crippen LogP contribution in [0.4, 0.5) is 0 Å². The molecule has 1 aliphatic rings. The van der Waals surface area contributed by atoms with Crippen LogP contribution >= 0.6 is 0 Å². The molecule has 0 bridgehead atoms. The van der Waals surface area contributed by atoms with E-state index in [2.05, 4.69) is 31.0 Å². The van der Waals surface area contributed by atoms with E-state index in [0.717, 1.165) is 36.1 Å². The zero-order chi connectivity index (χ0) is 15.8. The molecular weight excluding hydrogens is 294 g/mol. The molecule has 0 aromatic carbocycles. The summed E-state index contributed by atoms with van der Waals surface area (Å²) in [6.45, 7) is 2.56. The molecule has 1 N–H and O–H groups in total. The fraction of sp³-hybridized carbons (Fsp3) is 0.375. The Morgan fingerprint density at radius 2 is 2.39 bits per heavy atom. The number of nitrogens with one attached hydrogen (secondary N) is 1. The van der Waals surface area contributed by atoms with Crippen LogP contribution in [0.2, 0.25) is 0 Å². The molecule has 0 saturated carbocycles. The van der Waals surface area contributed by atoms with E-state index in [1.807, 2.05) is 17.0 Å². The van der Waals surface area contributed by atoms with Crippen molar-refractivity contribution in [3.63, 3.8) is 0 Å². The Morgan fingerprint density at radius 3 is 3.17 bits per heavy atom. The number of aryl methyl sites for hydroxylation is 1. The number of amides is 1. The van der Waals surface area contributed by atoms with Crippen LogP contribution in [0.3, 0.4) is 0 Å². The van der Waals surface area contributed by atoms with Gasteiger partial charge in [-0.3, -0.25) is 4.79 Å². The first-order valence-corrected chi connectivity index (χ1v) is 7.73. The van der Waals surface area contributed by atoms with Gasteiger partial charge in [-0.2, -0.15) is 0 Å². The van der Waals surface area contributed by atoms with Crippen molar-refractivity contribution in [1.82, 2.24) is 25.2 Å². The Bertz CT molecular complexity index is 820. The van der Waals surface area contributed by atoms with Crippen molar-refractivity contribution < 1.29 is 9.42 Å². The Hall–Kier alpha value is -2.70. The first-order valence-electron chi connectivity index (χ1n) is 7.73. The molecule has 0 spiro atoms. The maximum Gasteiger partial charge on any atom is 0.229 e. The van der Waals surface area contributed by atoms with Crippen LogP contribution in [0.5, 0.6) is 0 Å². The highest BCUT2D eigenvalue weighted by molar-refractivity contribution is 5.80. The van der Waals surface area contributed by atoms with Crippen LogP contribution < -0.4 is 0 Å². The summed E-state index contributed by atoms with van der Waals surface area (Å²) in [5.74, 6) is 0.0536. The van der Waals surface area contributed by atoms with Gasteiger partial charge in [0.2, 0.25) is 5.91 Å². The van der Waals surface area contributed by atoms with Crippen molar-refractivity contribution in [2.24, 2.45) is 0 Å². The quantitative estimate of drug-likeness (QED) is 0.801. The lowest BCUT2D eigenvalue weighted by molar-refractivity contribution is -0.131. The van der Waals surface area contributed by atoms with Gasteiger partial charge in [0.05, 0.1) is 12.5 Å². The summed E-state index contributed by atoms with van der Waals surface area (Å²) < 4.78 is 4.68. The summed E-state index contributed by atoms with van der Waals surface area (Å²) in [5, 5.41) is 8.61. The minimum atomic E-state index is 0.0536. The van der Waals surface area contributed by atoms with E-state index in [0.29, 0.717) is 11.4 Å². The van der Waals surface area contributed by atoms with Crippen LogP contribution in [-0.4, -0.2) is 37.6 Å². The molecule has 23 heavy (non-hydrogen) atoms. The normalized spacial score (nSPS) is 18.0. The number of pyridine rings is 1. The molecule has 0 aliphatic carbocycles. The number of likely N-dealkylation sites (tertiary alicyclic amines) is 1. The smallest absolute Gasteiger partial charge is 0.229 e. The zero-order valence-corrected chi connectivity index (χ0v) is 12.8. The third kappa shape index (κ3) is 2.48. The summed E-state index contributed by atoms with van der Waals surface area (Å²) >= 11 is 0. The van der Waals surface area contributed by atoms with Gasteiger partial charge in [-0.05, 0) is 38.0 Å². The molecule has 4 heterocycles. The second kappa shape index (κ2) is 5.49. The van der Waals surface area contributed by atoms with E-state index >= 15 is 0 Å². The van der Waals surface area contributed by atoms with Gasteiger partial charge >= 0.3 is 0 Å². The van der Waals surface area contributed by atoms with Gasteiger partial charge in [0.15, 0.2) is 0 Å². The monoisotopic (exact) mass is 311 g/mol. The molecule has 1 atom stereocenters. The Kier molecular flexibility index (Phi) is 3.33. The Labute approximate surface area is 132 Å². The van der Waals surface area contributed by atoms with Crippen LogP contribution in [0, 0.1) is 6.92 Å². The van der Waals surface area contributed by atoms with Crippen molar-refractivity contribution in [2.45, 2.75) is 32.2 Å². The van der Waals surface area contributed by atoms with E-state index in [4.69, 9.17) is 0 Å². The van der Waals surface area contributed by atoms with Crippen LogP contribution in [0.15, 0.2) is 29.0 Å². The van der Waals surface area contributed by atoms with Gasteiger partial charge < -0.3 is 9.88 Å². The molecule has 1 aliphatic heterocycles. The third-order valence-electron chi connectivity index (χ3n) is 4.41. The molecule has 0 radical (unpaired) electrons. The molecule has 7 nitrogen and oxygen atoms in total. The van der Waals surface area contributed by atoms with Gasteiger partial charge in [-0.25, -0.2) is 9.61 Å². The van der Waals surface area contributed by atoms with Crippen molar-refractivity contribution in [3.8, 4) is 0 Å². The van der Waals surface area contributed by atoms with Gasteiger partial charge in [0.25, 0.3) is 0 Å². The minimum absolute atomic E-state index is 0.0536. The average molecular weight is 311 g/mol. The minimum Gasteiger partial charge on any atom is -0.341 e. The highest BCUT2D eigenvalue weighted by Gasteiger charge is 2.31. The molecule has 4 rings (SSSR count). The third-order valence-corrected chi connectivity index (χ3v) is 4.41. The molecule has 1 amide bonds. The van der Waals surface area contributed by atoms with Crippen LogP contribution in [0.25, 0.3) is 11.0 Å². The summed E-state index contributed by atoms with van der Waals surface area (Å²) in [6.07, 6.45) is 3.94. The fourth-order valence-electron chi connectivity index (χ4n) is 3.20. The number of hydrogen-bond acceptors (Lipinski definition) is 5. The van der Waals surface area contributed by atoms with E-state index < -0.39 is 0 Å². The molecule has 1 saturated heterocycles. The summed E-state index contributed by atoms with van der Waals surface area (Å²) in [4.78, 5) is 22.2. The number of carbonyl (C=O) groups is 1. The van der Waals surface area contributed by atoms with Crippen molar-refractivity contribution in [2.75, 3.05) is 6.54 Å². The lowest BCUT2D eigenvalue weighted by atomic mass is 10.1. The number of aromatic nitrogens is 4. The Morgan fingerprint density at radius 1 is 1.48 bits per heavy atom. The maximum absolute atomic E-state index is 12.7. The lowest BCUT2D eigenvalue weighted by Gasteiger charge is -2.23. The number of fused-ring (bicyclic) bond motifs is 1. The van der Waals surface area contributed by atoms with E-state index in [-0.39, 0.29) is 18.4 Å². The number of aromatic amines is 1. The second-order valence-electron chi connectivity index (χ2n) is 5.88. The predicted octanol–water partition coefficient (Wildman–Crippen LogP) is 2.16. The number of hydrogen-bond donors (Lipinski definition) is 1. The van der Waals surface area contributed by atoms with E-state index in [9.17, 15) is 4.79 Å². The SMILES string of the molecule is Cc1nonc1CC(=O)N1CCCC1c1cc2cccnc2[nH]1. The Balaban J connectivity index is 1.58. The number of H-pyrrole nitrogens is 1. The van der Waals surface area contributed by atoms with Crippen molar-refractivity contribution >= 4 is 16.9 Å². The van der Waals surface area contributed by atoms with Crippen LogP contribution in [-0.2, 0) is 11.2 Å². The summed E-state index contributed by atoms with van der Waals surface area (Å²) in [7, 11) is 0. The number of nitrogens with zero attached hydrogens (tertiary/aromatic N) is 4. The first kappa shape index (κ1) is 13.9. The number of carbonyl (C=O) groups excluding carboxylic acids is 1. The molecule has 1 fully saturated rings. The predicted molar refractivity (Wildman–Crippen MR) is 82.5 cm³/mol. The van der Waals surface area contributed by atoms with Gasteiger partial charge in [0.1, 0.15) is 17.0 Å². The first-order chi connectivity index (χ1) is 11.2. The van der Waals surface area contributed by atoms with Gasteiger partial charge in [-0.15, -0.1) is 0 Å².